The van der Waals surface area contributed by atoms with Gasteiger partial charge in [-0.3, -0.25) is 9.59 Å². The lowest BCUT2D eigenvalue weighted by molar-refractivity contribution is -0.126. The van der Waals surface area contributed by atoms with Crippen LogP contribution in [-0.2, 0) is 9.59 Å². The molecule has 2 amide bonds. The third-order valence-corrected chi connectivity index (χ3v) is 4.53. The Balaban J connectivity index is 1.69. The highest BCUT2D eigenvalue weighted by molar-refractivity contribution is 6.01. The number of rotatable bonds is 5. The van der Waals surface area contributed by atoms with Gasteiger partial charge in [0, 0.05) is 13.0 Å². The molecule has 5 heteroatoms. The Labute approximate surface area is 147 Å². The van der Waals surface area contributed by atoms with Gasteiger partial charge in [0.1, 0.15) is 5.75 Å². The molecule has 0 aliphatic carbocycles. The fourth-order valence-electron chi connectivity index (χ4n) is 3.13. The Kier molecular flexibility index (Phi) is 5.03. The first kappa shape index (κ1) is 17.0. The van der Waals surface area contributed by atoms with Gasteiger partial charge in [-0.25, -0.2) is 0 Å². The smallest absolute Gasteiger partial charge is 0.227 e. The molecule has 1 N–H and O–H groups in total. The summed E-state index contributed by atoms with van der Waals surface area (Å²) in [4.78, 5) is 26.6. The van der Waals surface area contributed by atoms with Gasteiger partial charge in [0.05, 0.1) is 24.8 Å². The zero-order valence-corrected chi connectivity index (χ0v) is 14.4. The van der Waals surface area contributed by atoms with Gasteiger partial charge in [-0.2, -0.15) is 0 Å². The van der Waals surface area contributed by atoms with E-state index in [1.807, 2.05) is 61.5 Å². The fraction of sp³-hybridized carbons (Fsp3) is 0.300. The largest absolute Gasteiger partial charge is 0.495 e. The second-order valence-corrected chi connectivity index (χ2v) is 6.22. The van der Waals surface area contributed by atoms with Gasteiger partial charge in [-0.05, 0) is 24.6 Å². The van der Waals surface area contributed by atoms with Gasteiger partial charge in [0.2, 0.25) is 11.8 Å². The molecular weight excluding hydrogens is 316 g/mol. The summed E-state index contributed by atoms with van der Waals surface area (Å²) in [5.74, 6) is 0.122. The van der Waals surface area contributed by atoms with E-state index < -0.39 is 0 Å². The molecule has 1 heterocycles. The molecule has 25 heavy (non-hydrogen) atoms. The second kappa shape index (κ2) is 7.38. The molecule has 0 aromatic heterocycles. The summed E-state index contributed by atoms with van der Waals surface area (Å²) in [6.45, 7) is 2.31. The highest BCUT2D eigenvalue weighted by Gasteiger charge is 2.36. The van der Waals surface area contributed by atoms with Crippen LogP contribution in [0.15, 0.2) is 54.6 Å². The predicted molar refractivity (Wildman–Crippen MR) is 96.5 cm³/mol. The first-order valence-corrected chi connectivity index (χ1v) is 8.39. The molecule has 0 radical (unpaired) electrons. The molecule has 1 saturated heterocycles. The number of hydrogen-bond acceptors (Lipinski definition) is 3. The van der Waals surface area contributed by atoms with E-state index in [0.29, 0.717) is 18.0 Å². The van der Waals surface area contributed by atoms with E-state index >= 15 is 0 Å². The van der Waals surface area contributed by atoms with Gasteiger partial charge in [-0.15, -0.1) is 0 Å². The first-order chi connectivity index (χ1) is 12.1. The molecule has 3 rings (SSSR count). The van der Waals surface area contributed by atoms with Crippen molar-refractivity contribution in [1.82, 2.24) is 5.32 Å². The van der Waals surface area contributed by atoms with Crippen LogP contribution in [0.3, 0.4) is 0 Å². The van der Waals surface area contributed by atoms with E-state index in [4.69, 9.17) is 4.74 Å². The molecule has 1 aliphatic heterocycles. The summed E-state index contributed by atoms with van der Waals surface area (Å²) in [5, 5.41) is 3.01. The first-order valence-electron chi connectivity index (χ1n) is 8.39. The van der Waals surface area contributed by atoms with Crippen molar-refractivity contribution >= 4 is 17.5 Å². The summed E-state index contributed by atoms with van der Waals surface area (Å²) >= 11 is 0. The zero-order valence-electron chi connectivity index (χ0n) is 14.4. The molecule has 1 fully saturated rings. The number of anilines is 1. The highest BCUT2D eigenvalue weighted by Crippen LogP contribution is 2.33. The van der Waals surface area contributed by atoms with Crippen LogP contribution in [-0.4, -0.2) is 25.5 Å². The van der Waals surface area contributed by atoms with Crippen LogP contribution in [0, 0.1) is 5.92 Å². The molecule has 1 aliphatic rings. The normalized spacial score (nSPS) is 18.1. The van der Waals surface area contributed by atoms with E-state index in [1.54, 1.807) is 12.0 Å². The van der Waals surface area contributed by atoms with Crippen molar-refractivity contribution in [3.63, 3.8) is 0 Å². The van der Waals surface area contributed by atoms with Gasteiger partial charge in [0.25, 0.3) is 0 Å². The van der Waals surface area contributed by atoms with E-state index in [2.05, 4.69) is 5.32 Å². The van der Waals surface area contributed by atoms with Crippen LogP contribution in [0.4, 0.5) is 5.69 Å². The standard InChI is InChI=1S/C20H22N2O3/c1-14(15-8-4-3-5-9-15)21-20(24)16-12-19(23)22(13-16)17-10-6-7-11-18(17)25-2/h3-11,14,16H,12-13H2,1-2H3,(H,21,24)/t14-,16-/m0/s1. The molecule has 0 unspecified atom stereocenters. The Morgan fingerprint density at radius 3 is 2.56 bits per heavy atom. The summed E-state index contributed by atoms with van der Waals surface area (Å²) in [5.41, 5.74) is 1.75. The van der Waals surface area contributed by atoms with Gasteiger partial charge in [-0.1, -0.05) is 42.5 Å². The number of nitrogens with one attached hydrogen (secondary N) is 1. The lowest BCUT2D eigenvalue weighted by Crippen LogP contribution is -2.34. The maximum absolute atomic E-state index is 12.6. The summed E-state index contributed by atoms with van der Waals surface area (Å²) in [6, 6.07) is 17.1. The van der Waals surface area contributed by atoms with Crippen LogP contribution in [0.25, 0.3) is 0 Å². The van der Waals surface area contributed by atoms with Crippen molar-refractivity contribution < 1.29 is 14.3 Å². The molecule has 2 atom stereocenters. The number of amides is 2. The quantitative estimate of drug-likeness (QED) is 0.912. The molecule has 0 saturated carbocycles. The third kappa shape index (κ3) is 3.65. The van der Waals surface area contributed by atoms with Crippen LogP contribution >= 0.6 is 0 Å². The van der Waals surface area contributed by atoms with Crippen LogP contribution in [0.5, 0.6) is 5.75 Å². The van der Waals surface area contributed by atoms with Gasteiger partial charge in [0.15, 0.2) is 0 Å². The fourth-order valence-corrected chi connectivity index (χ4v) is 3.13. The lowest BCUT2D eigenvalue weighted by atomic mass is 10.1. The number of nitrogens with zero attached hydrogens (tertiary/aromatic N) is 1. The average Bonchev–Trinajstić information content (AvgIpc) is 3.04. The average molecular weight is 338 g/mol. The number of carbonyl (C=O) groups is 2. The molecular formula is C20H22N2O3. The van der Waals surface area contributed by atoms with Crippen molar-refractivity contribution in [3.05, 3.63) is 60.2 Å². The summed E-state index contributed by atoms with van der Waals surface area (Å²) in [6.07, 6.45) is 0.214. The number of methoxy groups -OCH3 is 1. The van der Waals surface area contributed by atoms with Crippen molar-refractivity contribution in [2.45, 2.75) is 19.4 Å². The number of ether oxygens (including phenoxy) is 1. The number of para-hydroxylation sites is 2. The molecule has 130 valence electrons. The molecule has 0 bridgehead atoms. The monoisotopic (exact) mass is 338 g/mol. The third-order valence-electron chi connectivity index (χ3n) is 4.53. The molecule has 2 aromatic rings. The summed E-state index contributed by atoms with van der Waals surface area (Å²) in [7, 11) is 1.57. The maximum Gasteiger partial charge on any atom is 0.227 e. The van der Waals surface area contributed by atoms with Gasteiger partial charge >= 0.3 is 0 Å². The van der Waals surface area contributed by atoms with E-state index in [1.165, 1.54) is 0 Å². The van der Waals surface area contributed by atoms with Crippen LogP contribution in [0.2, 0.25) is 0 Å². The topological polar surface area (TPSA) is 58.6 Å². The zero-order chi connectivity index (χ0) is 17.8. The Morgan fingerprint density at radius 1 is 1.16 bits per heavy atom. The SMILES string of the molecule is COc1ccccc1N1C[C@@H](C(=O)N[C@@H](C)c2ccccc2)CC1=O. The minimum absolute atomic E-state index is 0.0583. The summed E-state index contributed by atoms with van der Waals surface area (Å²) < 4.78 is 5.33. The lowest BCUT2D eigenvalue weighted by Gasteiger charge is -2.20. The van der Waals surface area contributed by atoms with E-state index in [0.717, 1.165) is 5.56 Å². The van der Waals surface area contributed by atoms with Gasteiger partial charge < -0.3 is 15.0 Å². The molecule has 5 nitrogen and oxygen atoms in total. The van der Waals surface area contributed by atoms with Crippen molar-refractivity contribution in [3.8, 4) is 5.75 Å². The van der Waals surface area contributed by atoms with E-state index in [9.17, 15) is 9.59 Å². The predicted octanol–water partition coefficient (Wildman–Crippen LogP) is 2.93. The van der Waals surface area contributed by atoms with Crippen molar-refractivity contribution in [1.29, 1.82) is 0 Å². The number of benzene rings is 2. The Morgan fingerprint density at radius 2 is 1.84 bits per heavy atom. The molecule has 2 aromatic carbocycles. The molecule has 0 spiro atoms. The minimum atomic E-state index is -0.358. The Hall–Kier alpha value is -2.82. The van der Waals surface area contributed by atoms with Crippen LogP contribution in [0.1, 0.15) is 24.9 Å². The van der Waals surface area contributed by atoms with E-state index in [-0.39, 0.29) is 30.2 Å². The highest BCUT2D eigenvalue weighted by atomic mass is 16.5. The van der Waals surface area contributed by atoms with Crippen molar-refractivity contribution in [2.24, 2.45) is 5.92 Å². The van der Waals surface area contributed by atoms with Crippen molar-refractivity contribution in [2.75, 3.05) is 18.6 Å². The Bertz CT molecular complexity index is 761. The van der Waals surface area contributed by atoms with Crippen LogP contribution < -0.4 is 15.0 Å². The second-order valence-electron chi connectivity index (χ2n) is 6.22. The number of hydrogen-bond donors (Lipinski definition) is 1. The minimum Gasteiger partial charge on any atom is -0.495 e. The maximum atomic E-state index is 12.6. The number of carbonyl (C=O) groups excluding carboxylic acids is 2.